The van der Waals surface area contributed by atoms with Crippen molar-refractivity contribution in [3.8, 4) is 0 Å². The average molecular weight is 512 g/mol. The second-order valence-electron chi connectivity index (χ2n) is 8.96. The molecule has 0 radical (unpaired) electrons. The van der Waals surface area contributed by atoms with E-state index in [-0.39, 0.29) is 40.1 Å². The Morgan fingerprint density at radius 1 is 1.21 bits per heavy atom. The molecule has 1 aliphatic heterocycles. The number of amides is 2. The molecule has 1 saturated heterocycles. The molecule has 2 amide bonds. The van der Waals surface area contributed by atoms with E-state index in [2.05, 4.69) is 4.98 Å². The van der Waals surface area contributed by atoms with Gasteiger partial charge in [-0.15, -0.1) is 0 Å². The van der Waals surface area contributed by atoms with Crippen molar-refractivity contribution >= 4 is 33.3 Å². The van der Waals surface area contributed by atoms with Crippen LogP contribution >= 0.6 is 11.6 Å². The van der Waals surface area contributed by atoms with Gasteiger partial charge in [0.15, 0.2) is 14.9 Å². The number of primary amides is 1. The van der Waals surface area contributed by atoms with E-state index in [1.165, 1.54) is 17.2 Å². The van der Waals surface area contributed by atoms with Crippen molar-refractivity contribution in [2.75, 3.05) is 12.8 Å². The van der Waals surface area contributed by atoms with Crippen LogP contribution in [0.3, 0.4) is 0 Å². The standard InChI is InChI=1S/C23H24ClF2N3O4S/c1-34(32,33)19-10-14(6-8-28-19)21(30)29-9-3-2-7-23(29,22(27)31)20(13-4-5-13)15-11-18(26)16(24)12-17(15)25/h6,8,10-13,20H,2-5,7,9H2,1H3,(H2,27,31)/t20-,23?/m1/s1. The van der Waals surface area contributed by atoms with Crippen LogP contribution in [0.25, 0.3) is 0 Å². The summed E-state index contributed by atoms with van der Waals surface area (Å²) in [4.78, 5) is 31.9. The molecule has 2 N–H and O–H groups in total. The first-order valence-corrected chi connectivity index (χ1v) is 13.2. The lowest BCUT2D eigenvalue weighted by molar-refractivity contribution is -0.133. The Bertz CT molecular complexity index is 1270. The van der Waals surface area contributed by atoms with E-state index in [9.17, 15) is 22.4 Å². The summed E-state index contributed by atoms with van der Waals surface area (Å²) < 4.78 is 53.4. The van der Waals surface area contributed by atoms with Crippen molar-refractivity contribution < 1.29 is 26.8 Å². The number of halogens is 3. The number of hydrogen-bond donors (Lipinski definition) is 1. The molecule has 182 valence electrons. The van der Waals surface area contributed by atoms with E-state index in [0.717, 1.165) is 24.5 Å². The molecule has 1 saturated carbocycles. The number of piperidine rings is 1. The van der Waals surface area contributed by atoms with Gasteiger partial charge in [0.25, 0.3) is 5.91 Å². The first-order valence-electron chi connectivity index (χ1n) is 10.9. The number of pyridine rings is 1. The fraction of sp³-hybridized carbons (Fsp3) is 0.435. The summed E-state index contributed by atoms with van der Waals surface area (Å²) in [6.07, 6.45) is 4.80. The SMILES string of the molecule is CS(=O)(=O)c1cc(C(=O)N2CCCCC2(C(N)=O)[C@@H](c2cc(F)c(Cl)cc2F)C2CC2)ccn1. The number of likely N-dealkylation sites (tertiary alicyclic amines) is 1. The Labute approximate surface area is 201 Å². The van der Waals surface area contributed by atoms with Gasteiger partial charge in [-0.3, -0.25) is 9.59 Å². The first-order chi connectivity index (χ1) is 16.0. The Hall–Kier alpha value is -2.59. The summed E-state index contributed by atoms with van der Waals surface area (Å²) in [7, 11) is -3.69. The van der Waals surface area contributed by atoms with Crippen LogP contribution in [-0.4, -0.2) is 48.5 Å². The summed E-state index contributed by atoms with van der Waals surface area (Å²) in [5.74, 6) is -4.10. The van der Waals surface area contributed by atoms with Gasteiger partial charge in [-0.25, -0.2) is 22.2 Å². The lowest BCUT2D eigenvalue weighted by atomic mass is 9.69. The molecule has 2 aliphatic rings. The Morgan fingerprint density at radius 3 is 2.53 bits per heavy atom. The van der Waals surface area contributed by atoms with Gasteiger partial charge in [0, 0.05) is 30.5 Å². The van der Waals surface area contributed by atoms with Crippen molar-refractivity contribution in [1.82, 2.24) is 9.88 Å². The van der Waals surface area contributed by atoms with Crippen molar-refractivity contribution in [3.05, 3.63) is 58.2 Å². The van der Waals surface area contributed by atoms with E-state index < -0.39 is 44.7 Å². The van der Waals surface area contributed by atoms with Gasteiger partial charge in [0.05, 0.1) is 5.02 Å². The summed E-state index contributed by atoms with van der Waals surface area (Å²) in [6.45, 7) is 0.152. The minimum absolute atomic E-state index is 0.0141. The van der Waals surface area contributed by atoms with Gasteiger partial charge in [-0.2, -0.15) is 0 Å². The monoisotopic (exact) mass is 511 g/mol. The molecule has 2 heterocycles. The molecule has 1 unspecified atom stereocenters. The molecule has 2 atom stereocenters. The van der Waals surface area contributed by atoms with Crippen molar-refractivity contribution in [2.45, 2.75) is 48.6 Å². The van der Waals surface area contributed by atoms with Gasteiger partial charge >= 0.3 is 0 Å². The van der Waals surface area contributed by atoms with Crippen molar-refractivity contribution in [1.29, 1.82) is 0 Å². The second kappa shape index (κ2) is 8.88. The molecule has 1 aromatic heterocycles. The van der Waals surface area contributed by atoms with Crippen LogP contribution in [0, 0.1) is 17.6 Å². The highest BCUT2D eigenvalue weighted by molar-refractivity contribution is 7.90. The minimum Gasteiger partial charge on any atom is -0.368 e. The van der Waals surface area contributed by atoms with Crippen molar-refractivity contribution in [2.24, 2.45) is 11.7 Å². The number of rotatable bonds is 6. The number of carbonyl (C=O) groups excluding carboxylic acids is 2. The van der Waals surface area contributed by atoms with Crippen LogP contribution in [0.4, 0.5) is 8.78 Å². The van der Waals surface area contributed by atoms with Gasteiger partial charge in [0.2, 0.25) is 5.91 Å². The predicted octanol–water partition coefficient (Wildman–Crippen LogP) is 3.46. The van der Waals surface area contributed by atoms with Crippen LogP contribution < -0.4 is 5.73 Å². The number of carbonyl (C=O) groups is 2. The van der Waals surface area contributed by atoms with E-state index in [4.69, 9.17) is 17.3 Å². The second-order valence-corrected chi connectivity index (χ2v) is 11.3. The average Bonchev–Trinajstić information content (AvgIpc) is 3.61. The molecule has 2 aromatic rings. The van der Waals surface area contributed by atoms with E-state index in [1.54, 1.807) is 0 Å². The molecule has 1 aromatic carbocycles. The van der Waals surface area contributed by atoms with Crippen LogP contribution in [-0.2, 0) is 14.6 Å². The van der Waals surface area contributed by atoms with Crippen LogP contribution in [0.5, 0.6) is 0 Å². The fourth-order valence-electron chi connectivity index (χ4n) is 5.02. The summed E-state index contributed by atoms with van der Waals surface area (Å²) in [5.41, 5.74) is 4.29. The highest BCUT2D eigenvalue weighted by Gasteiger charge is 2.57. The molecule has 7 nitrogen and oxygen atoms in total. The molecule has 0 spiro atoms. The van der Waals surface area contributed by atoms with E-state index in [0.29, 0.717) is 25.7 Å². The molecule has 11 heteroatoms. The molecule has 4 rings (SSSR count). The zero-order valence-electron chi connectivity index (χ0n) is 18.4. The summed E-state index contributed by atoms with van der Waals surface area (Å²) >= 11 is 5.75. The topological polar surface area (TPSA) is 110 Å². The number of sulfone groups is 1. The molecule has 2 fully saturated rings. The zero-order chi connectivity index (χ0) is 24.8. The van der Waals surface area contributed by atoms with Gasteiger partial charge in [-0.1, -0.05) is 11.6 Å². The van der Waals surface area contributed by atoms with Gasteiger partial charge < -0.3 is 10.6 Å². The lowest BCUT2D eigenvalue weighted by Gasteiger charge is -2.50. The Morgan fingerprint density at radius 2 is 1.91 bits per heavy atom. The first kappa shape index (κ1) is 24.5. The zero-order valence-corrected chi connectivity index (χ0v) is 20.0. The third-order valence-electron chi connectivity index (χ3n) is 6.69. The predicted molar refractivity (Wildman–Crippen MR) is 121 cm³/mol. The third kappa shape index (κ3) is 4.29. The normalized spacial score (nSPS) is 21.8. The summed E-state index contributed by atoms with van der Waals surface area (Å²) in [6, 6.07) is 4.35. The number of nitrogens with two attached hydrogens (primary N) is 1. The van der Waals surface area contributed by atoms with Gasteiger partial charge in [0.1, 0.15) is 17.2 Å². The maximum atomic E-state index is 15.1. The minimum atomic E-state index is -3.69. The molecular formula is C23H24ClF2N3O4S. The maximum absolute atomic E-state index is 15.1. The molecule has 34 heavy (non-hydrogen) atoms. The largest absolute Gasteiger partial charge is 0.368 e. The smallest absolute Gasteiger partial charge is 0.254 e. The highest BCUT2D eigenvalue weighted by atomic mass is 35.5. The van der Waals surface area contributed by atoms with E-state index in [1.807, 2.05) is 0 Å². The van der Waals surface area contributed by atoms with E-state index >= 15 is 4.39 Å². The van der Waals surface area contributed by atoms with Crippen LogP contribution in [0.2, 0.25) is 5.02 Å². The maximum Gasteiger partial charge on any atom is 0.254 e. The van der Waals surface area contributed by atoms with Crippen LogP contribution in [0.15, 0.2) is 35.5 Å². The lowest BCUT2D eigenvalue weighted by Crippen LogP contribution is -2.65. The van der Waals surface area contributed by atoms with Gasteiger partial charge in [-0.05, 0) is 67.9 Å². The van der Waals surface area contributed by atoms with Crippen molar-refractivity contribution in [3.63, 3.8) is 0 Å². The number of nitrogens with zero attached hydrogens (tertiary/aromatic N) is 2. The third-order valence-corrected chi connectivity index (χ3v) is 7.96. The molecule has 1 aliphatic carbocycles. The number of aromatic nitrogens is 1. The molecule has 0 bridgehead atoms. The molecular weight excluding hydrogens is 488 g/mol. The summed E-state index contributed by atoms with van der Waals surface area (Å²) in [5, 5.41) is -0.671. The quantitative estimate of drug-likeness (QED) is 0.597. The fourth-order valence-corrected chi connectivity index (χ4v) is 5.77. The number of benzene rings is 1. The highest BCUT2D eigenvalue weighted by Crippen LogP contribution is 2.54. The number of hydrogen-bond acceptors (Lipinski definition) is 5. The Balaban J connectivity index is 1.87. The Kier molecular flexibility index (Phi) is 6.41. The van der Waals surface area contributed by atoms with Crippen LogP contribution in [0.1, 0.15) is 53.9 Å².